The fourth-order valence-electron chi connectivity index (χ4n) is 1.60. The van der Waals surface area contributed by atoms with Crippen LogP contribution >= 0.6 is 0 Å². The maximum absolute atomic E-state index is 12.1. The highest BCUT2D eigenvalue weighted by Gasteiger charge is 2.36. The molecule has 1 aromatic carbocycles. The van der Waals surface area contributed by atoms with Gasteiger partial charge in [0.1, 0.15) is 6.10 Å². The van der Waals surface area contributed by atoms with Gasteiger partial charge in [-0.25, -0.2) is 0 Å². The number of rotatable bonds is 2. The molecule has 0 fully saturated rings. The lowest BCUT2D eigenvalue weighted by molar-refractivity contribution is -0.157. The fraction of sp³-hybridized carbons (Fsp3) is 0.364. The van der Waals surface area contributed by atoms with E-state index in [1.807, 2.05) is 18.2 Å². The van der Waals surface area contributed by atoms with Gasteiger partial charge < -0.3 is 4.84 Å². The first-order valence-electron chi connectivity index (χ1n) is 4.89. The molecule has 86 valence electrons. The topological polar surface area (TPSA) is 21.6 Å². The summed E-state index contributed by atoms with van der Waals surface area (Å²) in [5, 5.41) is 3.69. The molecule has 0 bridgehead atoms. The second kappa shape index (κ2) is 4.15. The van der Waals surface area contributed by atoms with Crippen LogP contribution in [0.4, 0.5) is 13.2 Å². The van der Waals surface area contributed by atoms with Crippen molar-refractivity contribution in [2.45, 2.75) is 25.1 Å². The molecule has 0 unspecified atom stereocenters. The molecule has 0 amide bonds. The van der Waals surface area contributed by atoms with Crippen molar-refractivity contribution in [3.8, 4) is 0 Å². The number of alkyl halides is 3. The maximum Gasteiger partial charge on any atom is 0.392 e. The molecule has 1 aliphatic rings. The molecule has 0 N–H and O–H groups in total. The van der Waals surface area contributed by atoms with Gasteiger partial charge in [0.15, 0.2) is 0 Å². The lowest BCUT2D eigenvalue weighted by Crippen LogP contribution is -2.19. The first kappa shape index (κ1) is 11.0. The summed E-state index contributed by atoms with van der Waals surface area (Å²) < 4.78 is 36.3. The van der Waals surface area contributed by atoms with Gasteiger partial charge in [-0.2, -0.15) is 13.2 Å². The Morgan fingerprint density at radius 1 is 1.25 bits per heavy atom. The average molecular weight is 229 g/mol. The number of halogens is 3. The molecule has 0 aliphatic carbocycles. The zero-order valence-corrected chi connectivity index (χ0v) is 8.37. The number of nitrogens with zero attached hydrogens (tertiary/aromatic N) is 1. The molecule has 2 rings (SSSR count). The van der Waals surface area contributed by atoms with Crippen molar-refractivity contribution in [2.75, 3.05) is 0 Å². The lowest BCUT2D eigenvalue weighted by Gasteiger charge is -2.10. The highest BCUT2D eigenvalue weighted by Crippen LogP contribution is 2.28. The van der Waals surface area contributed by atoms with Gasteiger partial charge in [-0.05, 0) is 5.56 Å². The second-order valence-corrected chi connectivity index (χ2v) is 3.65. The number of hydrogen-bond acceptors (Lipinski definition) is 2. The van der Waals surface area contributed by atoms with Crippen LogP contribution in [0.5, 0.6) is 0 Å². The molecule has 0 aromatic heterocycles. The molecule has 0 radical (unpaired) electrons. The van der Waals surface area contributed by atoms with Gasteiger partial charge in [0.25, 0.3) is 0 Å². The largest absolute Gasteiger partial charge is 0.392 e. The van der Waals surface area contributed by atoms with Crippen molar-refractivity contribution in [1.29, 1.82) is 0 Å². The Hall–Kier alpha value is -1.52. The van der Waals surface area contributed by atoms with Crippen LogP contribution in [-0.2, 0) is 4.84 Å². The molecule has 2 nitrogen and oxygen atoms in total. The Kier molecular flexibility index (Phi) is 2.85. The van der Waals surface area contributed by atoms with Crippen molar-refractivity contribution in [3.05, 3.63) is 35.9 Å². The lowest BCUT2D eigenvalue weighted by atomic mass is 10.0. The third-order valence-corrected chi connectivity index (χ3v) is 2.30. The summed E-state index contributed by atoms with van der Waals surface area (Å²) in [6.45, 7) is 0. The van der Waals surface area contributed by atoms with Crippen LogP contribution in [0.2, 0.25) is 0 Å². The standard InChI is InChI=1S/C11H10F3NO/c12-11(13,14)7-9-6-10(15-16-9)8-4-2-1-3-5-8/h1-5,9H,6-7H2/t9-/m1/s1. The monoisotopic (exact) mass is 229 g/mol. The van der Waals surface area contributed by atoms with E-state index in [1.54, 1.807) is 12.1 Å². The Bertz CT molecular complexity index is 386. The predicted octanol–water partition coefficient (Wildman–Crippen LogP) is 3.13. The van der Waals surface area contributed by atoms with Gasteiger partial charge in [0.2, 0.25) is 0 Å². The SMILES string of the molecule is FC(F)(F)C[C@H]1CC(c2ccccc2)=NO1. The quantitative estimate of drug-likeness (QED) is 0.763. The minimum absolute atomic E-state index is 0.212. The average Bonchev–Trinajstić information content (AvgIpc) is 2.65. The summed E-state index contributed by atoms with van der Waals surface area (Å²) in [5.41, 5.74) is 1.39. The predicted molar refractivity (Wildman–Crippen MR) is 53.1 cm³/mol. The molecule has 1 heterocycles. The van der Waals surface area contributed by atoms with Gasteiger partial charge in [0, 0.05) is 6.42 Å². The van der Waals surface area contributed by atoms with Crippen LogP contribution < -0.4 is 0 Å². The summed E-state index contributed by atoms with van der Waals surface area (Å²) in [6.07, 6.45) is -5.82. The van der Waals surface area contributed by atoms with E-state index in [2.05, 4.69) is 5.16 Å². The highest BCUT2D eigenvalue weighted by atomic mass is 19.4. The van der Waals surface area contributed by atoms with Gasteiger partial charge in [-0.3, -0.25) is 0 Å². The zero-order chi connectivity index (χ0) is 11.6. The molecule has 5 heteroatoms. The van der Waals surface area contributed by atoms with Gasteiger partial charge in [-0.1, -0.05) is 35.5 Å². The van der Waals surface area contributed by atoms with Gasteiger partial charge in [-0.15, -0.1) is 0 Å². The van der Waals surface area contributed by atoms with E-state index in [-0.39, 0.29) is 6.42 Å². The molecular weight excluding hydrogens is 219 g/mol. The molecule has 1 aliphatic heterocycles. The summed E-state index contributed by atoms with van der Waals surface area (Å²) >= 11 is 0. The van der Waals surface area contributed by atoms with Gasteiger partial charge in [0.05, 0.1) is 12.1 Å². The molecule has 1 atom stereocenters. The van der Waals surface area contributed by atoms with E-state index >= 15 is 0 Å². The summed E-state index contributed by atoms with van der Waals surface area (Å²) in [5.74, 6) is 0. The van der Waals surface area contributed by atoms with E-state index in [9.17, 15) is 13.2 Å². The third-order valence-electron chi connectivity index (χ3n) is 2.30. The van der Waals surface area contributed by atoms with Gasteiger partial charge >= 0.3 is 6.18 Å². The van der Waals surface area contributed by atoms with Crippen LogP contribution in [0.1, 0.15) is 18.4 Å². The van der Waals surface area contributed by atoms with Crippen LogP contribution in [-0.4, -0.2) is 18.0 Å². The number of oxime groups is 1. The summed E-state index contributed by atoms with van der Waals surface area (Å²) in [4.78, 5) is 4.76. The van der Waals surface area contributed by atoms with E-state index in [0.717, 1.165) is 5.56 Å². The maximum atomic E-state index is 12.1. The van der Waals surface area contributed by atoms with E-state index in [1.165, 1.54) is 0 Å². The molecule has 16 heavy (non-hydrogen) atoms. The Morgan fingerprint density at radius 3 is 2.56 bits per heavy atom. The van der Waals surface area contributed by atoms with Crippen LogP contribution in [0.25, 0.3) is 0 Å². The van der Waals surface area contributed by atoms with Crippen molar-refractivity contribution in [3.63, 3.8) is 0 Å². The second-order valence-electron chi connectivity index (χ2n) is 3.65. The van der Waals surface area contributed by atoms with Crippen molar-refractivity contribution < 1.29 is 18.0 Å². The highest BCUT2D eigenvalue weighted by molar-refractivity contribution is 6.01. The third kappa shape index (κ3) is 2.74. The molecular formula is C11H10F3NO. The number of benzene rings is 1. The molecule has 0 spiro atoms. The van der Waals surface area contributed by atoms with Crippen LogP contribution in [0.3, 0.4) is 0 Å². The molecule has 1 aromatic rings. The Morgan fingerprint density at radius 2 is 1.94 bits per heavy atom. The smallest absolute Gasteiger partial charge is 0.391 e. The molecule has 0 saturated carbocycles. The minimum Gasteiger partial charge on any atom is -0.391 e. The Balaban J connectivity index is 1.98. The van der Waals surface area contributed by atoms with Crippen molar-refractivity contribution in [1.82, 2.24) is 0 Å². The van der Waals surface area contributed by atoms with Crippen molar-refractivity contribution in [2.24, 2.45) is 5.16 Å². The summed E-state index contributed by atoms with van der Waals surface area (Å²) in [6, 6.07) is 9.08. The van der Waals surface area contributed by atoms with Crippen molar-refractivity contribution >= 4 is 5.71 Å². The normalized spacial score (nSPS) is 20.4. The fourth-order valence-corrected chi connectivity index (χ4v) is 1.60. The van der Waals surface area contributed by atoms with E-state index in [0.29, 0.717) is 5.71 Å². The first-order valence-corrected chi connectivity index (χ1v) is 4.89. The Labute approximate surface area is 90.7 Å². The zero-order valence-electron chi connectivity index (χ0n) is 8.37. The van der Waals surface area contributed by atoms with Crippen LogP contribution in [0.15, 0.2) is 35.5 Å². The first-order chi connectivity index (χ1) is 7.54. The number of hydrogen-bond donors (Lipinski definition) is 0. The van der Waals surface area contributed by atoms with Crippen LogP contribution in [0, 0.1) is 0 Å². The van der Waals surface area contributed by atoms with E-state index in [4.69, 9.17) is 4.84 Å². The van der Waals surface area contributed by atoms with E-state index < -0.39 is 18.7 Å². The molecule has 0 saturated heterocycles. The summed E-state index contributed by atoms with van der Waals surface area (Å²) in [7, 11) is 0. The minimum atomic E-state index is -4.20.